The summed E-state index contributed by atoms with van der Waals surface area (Å²) in [6, 6.07) is 1.37. The molecule has 7 heteroatoms. The van der Waals surface area contributed by atoms with E-state index in [1.165, 1.54) is 12.3 Å². The highest BCUT2D eigenvalue weighted by molar-refractivity contribution is 6.35. The highest BCUT2D eigenvalue weighted by atomic mass is 35.5. The first-order valence-electron chi connectivity index (χ1n) is 6.77. The summed E-state index contributed by atoms with van der Waals surface area (Å²) in [7, 11) is 0. The van der Waals surface area contributed by atoms with Gasteiger partial charge in [-0.3, -0.25) is 9.59 Å². The molecule has 0 bridgehead atoms. The van der Waals surface area contributed by atoms with Crippen molar-refractivity contribution in [3.8, 4) is 0 Å². The Balaban J connectivity index is 2.08. The average molecular weight is 331 g/mol. The molecule has 1 amide bonds. The third-order valence-electron chi connectivity index (χ3n) is 3.92. The molecule has 0 aliphatic heterocycles. The summed E-state index contributed by atoms with van der Waals surface area (Å²) in [5.74, 6) is -1.29. The second-order valence-electron chi connectivity index (χ2n) is 5.32. The van der Waals surface area contributed by atoms with Crippen LogP contribution in [0.25, 0.3) is 0 Å². The summed E-state index contributed by atoms with van der Waals surface area (Å²) < 4.78 is 0. The molecular formula is C14H16Cl2N2O3. The van der Waals surface area contributed by atoms with Gasteiger partial charge in [-0.05, 0) is 18.9 Å². The number of halogens is 2. The second kappa shape index (κ2) is 6.62. The molecule has 0 radical (unpaired) electrons. The Morgan fingerprint density at radius 2 is 1.95 bits per heavy atom. The van der Waals surface area contributed by atoms with Gasteiger partial charge < -0.3 is 10.4 Å². The molecule has 2 N–H and O–H groups in total. The number of hydrogen-bond donors (Lipinski definition) is 2. The van der Waals surface area contributed by atoms with E-state index in [2.05, 4.69) is 10.3 Å². The molecule has 114 valence electrons. The first-order valence-corrected chi connectivity index (χ1v) is 7.53. The fourth-order valence-corrected chi connectivity index (χ4v) is 2.97. The number of aliphatic carboxylic acids is 1. The fourth-order valence-electron chi connectivity index (χ4n) is 2.63. The molecule has 21 heavy (non-hydrogen) atoms. The van der Waals surface area contributed by atoms with Crippen molar-refractivity contribution < 1.29 is 14.7 Å². The number of carbonyl (C=O) groups is 2. The van der Waals surface area contributed by atoms with E-state index in [1.807, 2.05) is 0 Å². The number of aromatic nitrogens is 1. The summed E-state index contributed by atoms with van der Waals surface area (Å²) in [6.45, 7) is 0.0947. The van der Waals surface area contributed by atoms with Crippen LogP contribution in [-0.4, -0.2) is 28.5 Å². The Bertz CT molecular complexity index is 557. The number of nitrogens with zero attached hydrogens (tertiary/aromatic N) is 1. The lowest BCUT2D eigenvalue weighted by molar-refractivity contribution is -0.150. The third kappa shape index (κ3) is 3.66. The van der Waals surface area contributed by atoms with Crippen LogP contribution in [0.15, 0.2) is 12.3 Å². The second-order valence-corrected chi connectivity index (χ2v) is 6.11. The number of amides is 1. The van der Waals surface area contributed by atoms with Crippen molar-refractivity contribution in [3.63, 3.8) is 0 Å². The molecule has 0 unspecified atom stereocenters. The van der Waals surface area contributed by atoms with Gasteiger partial charge in [0.25, 0.3) is 5.91 Å². The van der Waals surface area contributed by atoms with Crippen molar-refractivity contribution in [1.82, 2.24) is 10.3 Å². The van der Waals surface area contributed by atoms with Gasteiger partial charge in [0.1, 0.15) is 5.15 Å². The molecule has 0 atom stereocenters. The molecule has 0 spiro atoms. The number of carboxylic acids is 1. The van der Waals surface area contributed by atoms with Crippen LogP contribution in [0.4, 0.5) is 0 Å². The van der Waals surface area contributed by atoms with Crippen LogP contribution in [0.3, 0.4) is 0 Å². The van der Waals surface area contributed by atoms with Crippen molar-refractivity contribution in [2.75, 3.05) is 6.54 Å². The van der Waals surface area contributed by atoms with E-state index in [0.29, 0.717) is 12.8 Å². The molecule has 0 aromatic carbocycles. The Morgan fingerprint density at radius 3 is 2.57 bits per heavy atom. The van der Waals surface area contributed by atoms with E-state index in [9.17, 15) is 14.7 Å². The van der Waals surface area contributed by atoms with Gasteiger partial charge in [0.05, 0.1) is 16.0 Å². The van der Waals surface area contributed by atoms with E-state index >= 15 is 0 Å². The van der Waals surface area contributed by atoms with Gasteiger partial charge in [-0.1, -0.05) is 42.5 Å². The lowest BCUT2D eigenvalue weighted by Crippen LogP contribution is -2.44. The minimum Gasteiger partial charge on any atom is -0.481 e. The maximum absolute atomic E-state index is 12.2. The number of hydrogen-bond acceptors (Lipinski definition) is 3. The molecule has 5 nitrogen and oxygen atoms in total. The van der Waals surface area contributed by atoms with Gasteiger partial charge >= 0.3 is 5.97 Å². The van der Waals surface area contributed by atoms with Gasteiger partial charge in [-0.15, -0.1) is 0 Å². The number of nitrogens with one attached hydrogen (secondary N) is 1. The SMILES string of the molecule is O=C(NCC1(C(=O)O)CCCCC1)c1cc(Cl)ncc1Cl. The van der Waals surface area contributed by atoms with Crippen LogP contribution in [-0.2, 0) is 4.79 Å². The normalized spacial score (nSPS) is 17.2. The molecule has 1 aliphatic rings. The summed E-state index contributed by atoms with van der Waals surface area (Å²) in [5, 5.41) is 12.5. The van der Waals surface area contributed by atoms with Crippen LogP contribution in [0.2, 0.25) is 10.2 Å². The summed E-state index contributed by atoms with van der Waals surface area (Å²) >= 11 is 11.7. The Morgan fingerprint density at radius 1 is 1.29 bits per heavy atom. The lowest BCUT2D eigenvalue weighted by atomic mass is 9.74. The highest BCUT2D eigenvalue weighted by Crippen LogP contribution is 2.36. The number of carboxylic acid groups (broad SMARTS) is 1. The zero-order valence-electron chi connectivity index (χ0n) is 11.4. The quantitative estimate of drug-likeness (QED) is 0.831. The first-order chi connectivity index (χ1) is 9.94. The molecule has 1 aromatic heterocycles. The monoisotopic (exact) mass is 330 g/mol. The van der Waals surface area contributed by atoms with E-state index in [1.54, 1.807) is 0 Å². The average Bonchev–Trinajstić information content (AvgIpc) is 2.48. The first kappa shape index (κ1) is 16.0. The van der Waals surface area contributed by atoms with Crippen LogP contribution in [0, 0.1) is 5.41 Å². The summed E-state index contributed by atoms with van der Waals surface area (Å²) in [6.07, 6.45) is 5.22. The van der Waals surface area contributed by atoms with E-state index in [0.717, 1.165) is 19.3 Å². The van der Waals surface area contributed by atoms with Crippen LogP contribution in [0.5, 0.6) is 0 Å². The molecule has 1 fully saturated rings. The Hall–Kier alpha value is -1.33. The van der Waals surface area contributed by atoms with Crippen molar-refractivity contribution in [2.45, 2.75) is 32.1 Å². The smallest absolute Gasteiger partial charge is 0.311 e. The zero-order valence-corrected chi connectivity index (χ0v) is 12.9. The predicted octanol–water partition coefficient (Wildman–Crippen LogP) is 3.15. The van der Waals surface area contributed by atoms with Gasteiger partial charge in [-0.25, -0.2) is 4.98 Å². The van der Waals surface area contributed by atoms with Gasteiger partial charge in [0.2, 0.25) is 0 Å². The van der Waals surface area contributed by atoms with E-state index in [-0.39, 0.29) is 22.3 Å². The van der Waals surface area contributed by atoms with Gasteiger partial charge in [-0.2, -0.15) is 0 Å². The molecular weight excluding hydrogens is 315 g/mol. The van der Waals surface area contributed by atoms with Crippen molar-refractivity contribution in [1.29, 1.82) is 0 Å². The van der Waals surface area contributed by atoms with Crippen LogP contribution < -0.4 is 5.32 Å². The molecule has 1 aromatic rings. The standard InChI is InChI=1S/C14H16Cl2N2O3/c15-10-7-17-11(16)6-9(10)12(19)18-8-14(13(20)21)4-2-1-3-5-14/h6-7H,1-5,8H2,(H,18,19)(H,20,21). The highest BCUT2D eigenvalue weighted by Gasteiger charge is 2.39. The van der Waals surface area contributed by atoms with Crippen LogP contribution >= 0.6 is 23.2 Å². The van der Waals surface area contributed by atoms with Crippen molar-refractivity contribution >= 4 is 35.1 Å². The molecule has 1 saturated carbocycles. The molecule has 1 heterocycles. The maximum atomic E-state index is 12.2. The minimum atomic E-state index is -0.878. The Labute approximate surface area is 132 Å². The number of carbonyl (C=O) groups excluding carboxylic acids is 1. The predicted molar refractivity (Wildman–Crippen MR) is 79.7 cm³/mol. The molecule has 1 aliphatic carbocycles. The maximum Gasteiger partial charge on any atom is 0.311 e. The number of pyridine rings is 1. The zero-order chi connectivity index (χ0) is 15.5. The topological polar surface area (TPSA) is 79.3 Å². The van der Waals surface area contributed by atoms with E-state index in [4.69, 9.17) is 23.2 Å². The van der Waals surface area contributed by atoms with Gasteiger partial charge in [0, 0.05) is 12.7 Å². The summed E-state index contributed by atoms with van der Waals surface area (Å²) in [5.41, 5.74) is -0.676. The largest absolute Gasteiger partial charge is 0.481 e. The molecule has 0 saturated heterocycles. The Kier molecular flexibility index (Phi) is 5.06. The number of rotatable bonds is 4. The van der Waals surface area contributed by atoms with Crippen molar-refractivity contribution in [3.05, 3.63) is 28.0 Å². The molecule has 2 rings (SSSR count). The van der Waals surface area contributed by atoms with E-state index < -0.39 is 17.3 Å². The van der Waals surface area contributed by atoms with Crippen molar-refractivity contribution in [2.24, 2.45) is 5.41 Å². The fraction of sp³-hybridized carbons (Fsp3) is 0.500. The summed E-state index contributed by atoms with van der Waals surface area (Å²) in [4.78, 5) is 27.5. The third-order valence-corrected chi connectivity index (χ3v) is 4.43. The van der Waals surface area contributed by atoms with Crippen LogP contribution in [0.1, 0.15) is 42.5 Å². The minimum absolute atomic E-state index is 0.0947. The lowest BCUT2D eigenvalue weighted by Gasteiger charge is -2.33. The van der Waals surface area contributed by atoms with Gasteiger partial charge in [0.15, 0.2) is 0 Å².